The van der Waals surface area contributed by atoms with E-state index >= 15 is 0 Å². The average Bonchev–Trinajstić information content (AvgIpc) is 2.18. The molecule has 1 rings (SSSR count). The van der Waals surface area contributed by atoms with E-state index in [-0.39, 0.29) is 17.8 Å². The fourth-order valence-corrected chi connectivity index (χ4v) is 0.790. The molecule has 0 aliphatic rings. The molecule has 5 heteroatoms. The summed E-state index contributed by atoms with van der Waals surface area (Å²) >= 11 is 0. The van der Waals surface area contributed by atoms with Crippen molar-refractivity contribution in [2.45, 2.75) is 13.8 Å². The number of hydrogen-bond acceptors (Lipinski definition) is 5. The van der Waals surface area contributed by atoms with Gasteiger partial charge >= 0.3 is 12.0 Å². The Kier molecular flexibility index (Phi) is 3.68. The maximum atomic E-state index is 5.17. The van der Waals surface area contributed by atoms with Crippen LogP contribution in [0.15, 0.2) is 0 Å². The molecule has 0 unspecified atom stereocenters. The maximum absolute atomic E-state index is 5.17. The van der Waals surface area contributed by atoms with Crippen LogP contribution in [0.4, 0.5) is 0 Å². The van der Waals surface area contributed by atoms with Crippen molar-refractivity contribution >= 4 is 0 Å². The summed E-state index contributed by atoms with van der Waals surface area (Å²) in [6, 6.07) is 0.387. The number of hydrogen-bond donors (Lipinski definition) is 0. The summed E-state index contributed by atoms with van der Waals surface area (Å²) in [6.07, 6.45) is 5.17. The Morgan fingerprint density at radius 3 is 1.93 bits per heavy atom. The lowest BCUT2D eigenvalue weighted by Crippen LogP contribution is -2.05. The van der Waals surface area contributed by atoms with Crippen molar-refractivity contribution in [3.63, 3.8) is 0 Å². The summed E-state index contributed by atoms with van der Waals surface area (Å²) < 4.78 is 10.2. The lowest BCUT2D eigenvalue weighted by atomic mass is 10.6. The van der Waals surface area contributed by atoms with Gasteiger partial charge in [0.05, 0.1) is 13.2 Å². The van der Waals surface area contributed by atoms with Crippen molar-refractivity contribution in [1.29, 1.82) is 0 Å². The monoisotopic (exact) mass is 193 g/mol. The van der Waals surface area contributed by atoms with Gasteiger partial charge in [0.2, 0.25) is 5.82 Å². The van der Waals surface area contributed by atoms with Gasteiger partial charge in [0.15, 0.2) is 0 Å². The van der Waals surface area contributed by atoms with Crippen molar-refractivity contribution in [3.05, 3.63) is 5.82 Å². The Labute approximate surface area is 82.5 Å². The zero-order valence-corrected chi connectivity index (χ0v) is 8.15. The third-order valence-electron chi connectivity index (χ3n) is 1.27. The van der Waals surface area contributed by atoms with Crippen LogP contribution in [0, 0.1) is 12.3 Å². The molecule has 0 N–H and O–H groups in total. The Morgan fingerprint density at radius 2 is 1.57 bits per heavy atom. The second-order valence-electron chi connectivity index (χ2n) is 2.23. The van der Waals surface area contributed by atoms with Crippen molar-refractivity contribution in [2.75, 3.05) is 13.2 Å². The van der Waals surface area contributed by atoms with Crippen molar-refractivity contribution < 1.29 is 9.47 Å². The second kappa shape index (κ2) is 5.02. The van der Waals surface area contributed by atoms with Gasteiger partial charge in [-0.2, -0.15) is 9.97 Å². The first-order chi connectivity index (χ1) is 6.80. The van der Waals surface area contributed by atoms with E-state index in [0.717, 1.165) is 0 Å². The van der Waals surface area contributed by atoms with Gasteiger partial charge in [-0.1, -0.05) is 0 Å². The minimum Gasteiger partial charge on any atom is -0.464 e. The molecule has 5 nitrogen and oxygen atoms in total. The highest BCUT2D eigenvalue weighted by Gasteiger charge is 2.05. The molecule has 0 radical (unpaired) electrons. The predicted molar refractivity (Wildman–Crippen MR) is 50.1 cm³/mol. The van der Waals surface area contributed by atoms with Crippen molar-refractivity contribution in [3.8, 4) is 24.4 Å². The van der Waals surface area contributed by atoms with E-state index in [1.54, 1.807) is 0 Å². The van der Waals surface area contributed by atoms with Gasteiger partial charge in [-0.25, -0.2) is 0 Å². The van der Waals surface area contributed by atoms with Gasteiger partial charge in [-0.3, -0.25) is 0 Å². The molecule has 1 aromatic rings. The third-order valence-corrected chi connectivity index (χ3v) is 1.27. The lowest BCUT2D eigenvalue weighted by molar-refractivity contribution is 0.278. The summed E-state index contributed by atoms with van der Waals surface area (Å²) in [5, 5.41) is 0. The summed E-state index contributed by atoms with van der Waals surface area (Å²) in [6.45, 7) is 4.61. The molecule has 0 atom stereocenters. The zero-order chi connectivity index (χ0) is 10.4. The number of terminal acetylenes is 1. The van der Waals surface area contributed by atoms with E-state index in [2.05, 4.69) is 20.9 Å². The van der Waals surface area contributed by atoms with Crippen LogP contribution in [-0.2, 0) is 0 Å². The van der Waals surface area contributed by atoms with Crippen LogP contribution in [0.25, 0.3) is 0 Å². The summed E-state index contributed by atoms with van der Waals surface area (Å²) in [5.74, 6) is 2.52. The van der Waals surface area contributed by atoms with Gasteiger partial charge in [0, 0.05) is 0 Å². The van der Waals surface area contributed by atoms with E-state index in [0.29, 0.717) is 13.2 Å². The fraction of sp³-hybridized carbons (Fsp3) is 0.444. The normalized spacial score (nSPS) is 9.21. The van der Waals surface area contributed by atoms with Gasteiger partial charge < -0.3 is 9.47 Å². The first-order valence-electron chi connectivity index (χ1n) is 4.28. The Balaban J connectivity index is 2.95. The largest absolute Gasteiger partial charge is 0.464 e. The number of nitrogens with zero attached hydrogens (tertiary/aromatic N) is 3. The maximum Gasteiger partial charge on any atom is 0.323 e. The van der Waals surface area contributed by atoms with Gasteiger partial charge in [0.25, 0.3) is 0 Å². The Morgan fingerprint density at radius 1 is 1.07 bits per heavy atom. The highest BCUT2D eigenvalue weighted by molar-refractivity contribution is 5.19. The second-order valence-corrected chi connectivity index (χ2v) is 2.23. The molecule has 0 bridgehead atoms. The van der Waals surface area contributed by atoms with Gasteiger partial charge in [-0.05, 0) is 19.8 Å². The minimum atomic E-state index is 0.193. The minimum absolute atomic E-state index is 0.193. The highest BCUT2D eigenvalue weighted by Crippen LogP contribution is 2.08. The van der Waals surface area contributed by atoms with Crippen LogP contribution < -0.4 is 9.47 Å². The first kappa shape index (κ1) is 10.3. The fourth-order valence-electron chi connectivity index (χ4n) is 0.790. The van der Waals surface area contributed by atoms with Crippen LogP contribution in [0.2, 0.25) is 0 Å². The van der Waals surface area contributed by atoms with Crippen LogP contribution in [0.1, 0.15) is 19.7 Å². The van der Waals surface area contributed by atoms with Crippen molar-refractivity contribution in [1.82, 2.24) is 15.0 Å². The van der Waals surface area contributed by atoms with E-state index in [1.165, 1.54) is 0 Å². The molecule has 0 aliphatic carbocycles. The summed E-state index contributed by atoms with van der Waals surface area (Å²) in [4.78, 5) is 11.6. The van der Waals surface area contributed by atoms with Gasteiger partial charge in [0.1, 0.15) is 0 Å². The van der Waals surface area contributed by atoms with E-state index in [1.807, 2.05) is 13.8 Å². The molecule has 74 valence electrons. The number of aromatic nitrogens is 3. The molecule has 0 spiro atoms. The molecule has 0 fully saturated rings. The summed E-state index contributed by atoms with van der Waals surface area (Å²) in [7, 11) is 0. The Bertz CT molecular complexity index is 322. The number of ether oxygens (including phenoxy) is 2. The summed E-state index contributed by atoms with van der Waals surface area (Å²) in [5.41, 5.74) is 0. The molecule has 0 aromatic carbocycles. The molecule has 1 heterocycles. The van der Waals surface area contributed by atoms with E-state index in [9.17, 15) is 0 Å². The molecule has 0 saturated carbocycles. The van der Waals surface area contributed by atoms with Gasteiger partial charge in [-0.15, -0.1) is 11.4 Å². The predicted octanol–water partition coefficient (Wildman–Crippen LogP) is 0.650. The molecular weight excluding hydrogens is 182 g/mol. The first-order valence-corrected chi connectivity index (χ1v) is 4.28. The SMILES string of the molecule is C#Cc1nc(OCC)nc(OCC)n1. The quantitative estimate of drug-likeness (QED) is 0.657. The lowest BCUT2D eigenvalue weighted by Gasteiger charge is -2.04. The van der Waals surface area contributed by atoms with Crippen LogP contribution in [-0.4, -0.2) is 28.2 Å². The Hall–Kier alpha value is -1.83. The molecule has 0 aliphatic heterocycles. The average molecular weight is 193 g/mol. The molecule has 1 aromatic heterocycles. The van der Waals surface area contributed by atoms with E-state index < -0.39 is 0 Å². The third kappa shape index (κ3) is 2.59. The highest BCUT2D eigenvalue weighted by atomic mass is 16.5. The number of rotatable bonds is 4. The van der Waals surface area contributed by atoms with E-state index in [4.69, 9.17) is 15.9 Å². The van der Waals surface area contributed by atoms with Crippen molar-refractivity contribution in [2.24, 2.45) is 0 Å². The molecule has 0 amide bonds. The smallest absolute Gasteiger partial charge is 0.323 e. The van der Waals surface area contributed by atoms with Crippen LogP contribution in [0.3, 0.4) is 0 Å². The molecule has 14 heavy (non-hydrogen) atoms. The zero-order valence-electron chi connectivity index (χ0n) is 8.15. The van der Waals surface area contributed by atoms with Crippen LogP contribution in [0.5, 0.6) is 12.0 Å². The van der Waals surface area contributed by atoms with Crippen LogP contribution >= 0.6 is 0 Å². The standard InChI is InChI=1S/C9H11N3O2/c1-4-7-10-8(13-5-2)12-9(11-7)14-6-3/h1H,5-6H2,2-3H3. The molecule has 0 saturated heterocycles. The topological polar surface area (TPSA) is 57.1 Å². The molecular formula is C9H11N3O2.